The molecule has 1 aliphatic rings. The first-order valence-corrected chi connectivity index (χ1v) is 11.3. The molecule has 0 saturated carbocycles. The van der Waals surface area contributed by atoms with Crippen molar-refractivity contribution in [3.63, 3.8) is 0 Å². The number of likely N-dealkylation sites (tertiary alicyclic amines) is 1. The molecule has 1 aromatic heterocycles. The van der Waals surface area contributed by atoms with Crippen LogP contribution >= 0.6 is 11.3 Å². The minimum Gasteiger partial charge on any atom is -0.352 e. The summed E-state index contributed by atoms with van der Waals surface area (Å²) in [6.45, 7) is 0.884. The second kappa shape index (κ2) is 7.99. The molecule has 0 unspecified atom stereocenters. The summed E-state index contributed by atoms with van der Waals surface area (Å²) >= 11 is 1.58. The highest BCUT2D eigenvalue weighted by Gasteiger charge is 2.31. The largest absolute Gasteiger partial charge is 0.352 e. The molecule has 2 atom stereocenters. The lowest BCUT2D eigenvalue weighted by atomic mass is 10.1. The summed E-state index contributed by atoms with van der Waals surface area (Å²) < 4.78 is 26.2. The van der Waals surface area contributed by atoms with Gasteiger partial charge in [-0.05, 0) is 31.5 Å². The quantitative estimate of drug-likeness (QED) is 0.736. The van der Waals surface area contributed by atoms with Gasteiger partial charge in [-0.3, -0.25) is 9.69 Å². The number of nitrogens with zero attached hydrogens (tertiary/aromatic N) is 2. The second-order valence-electron chi connectivity index (χ2n) is 6.77. The second-order valence-corrected chi connectivity index (χ2v) is 9.46. The highest BCUT2D eigenvalue weighted by Crippen LogP contribution is 2.25. The minimum absolute atomic E-state index is 0.0140. The van der Waals surface area contributed by atoms with Crippen LogP contribution in [0, 0.1) is 0 Å². The van der Waals surface area contributed by atoms with Crippen molar-refractivity contribution in [2.24, 2.45) is 0 Å². The van der Waals surface area contributed by atoms with E-state index in [1.165, 1.54) is 0 Å². The summed E-state index contributed by atoms with van der Waals surface area (Å²) in [4.78, 5) is 18.8. The Bertz CT molecular complexity index is 881. The first-order valence-electron chi connectivity index (χ1n) is 8.58. The average Bonchev–Trinajstić information content (AvgIpc) is 3.18. The van der Waals surface area contributed by atoms with E-state index in [0.717, 1.165) is 34.9 Å². The van der Waals surface area contributed by atoms with Gasteiger partial charge in [-0.1, -0.05) is 12.1 Å². The van der Waals surface area contributed by atoms with E-state index in [1.807, 2.05) is 30.8 Å². The van der Waals surface area contributed by atoms with Crippen molar-refractivity contribution in [2.45, 2.75) is 37.9 Å². The first-order chi connectivity index (χ1) is 12.3. The van der Waals surface area contributed by atoms with Gasteiger partial charge >= 0.3 is 0 Å². The molecule has 1 fully saturated rings. The summed E-state index contributed by atoms with van der Waals surface area (Å²) in [5, 5.41) is 3.00. The fourth-order valence-corrected chi connectivity index (χ4v) is 4.69. The van der Waals surface area contributed by atoms with E-state index < -0.39 is 10.0 Å². The summed E-state index contributed by atoms with van der Waals surface area (Å²) in [5.74, 6) is 0.0140. The van der Waals surface area contributed by atoms with Crippen molar-refractivity contribution < 1.29 is 13.2 Å². The summed E-state index contributed by atoms with van der Waals surface area (Å²) in [5.41, 5.74) is 3.85. The average molecular weight is 397 g/mol. The van der Waals surface area contributed by atoms with Gasteiger partial charge in [-0.2, -0.15) is 0 Å². The minimum atomic E-state index is -3.19. The van der Waals surface area contributed by atoms with Gasteiger partial charge in [0.25, 0.3) is 0 Å². The topological polar surface area (TPSA) is 91.4 Å². The van der Waals surface area contributed by atoms with E-state index in [2.05, 4.69) is 19.9 Å². The van der Waals surface area contributed by atoms with Gasteiger partial charge in [0.1, 0.15) is 0 Å². The molecule has 0 aliphatic carbocycles. The number of carbonyl (C=O) groups excluding carboxylic acids is 1. The molecule has 142 valence electrons. The zero-order valence-electron chi connectivity index (χ0n) is 14.9. The molecule has 7 nitrogen and oxygen atoms in total. The Hall–Kier alpha value is -1.55. The monoisotopic (exact) mass is 396 g/mol. The molecule has 2 heterocycles. The van der Waals surface area contributed by atoms with Gasteiger partial charge < -0.3 is 5.32 Å². The molecule has 0 spiro atoms. The molecule has 1 aliphatic heterocycles. The van der Waals surface area contributed by atoms with Crippen LogP contribution in [0.1, 0.15) is 24.8 Å². The molecular formula is C17H24N4O3S2. The first kappa shape index (κ1) is 19.2. The predicted molar refractivity (Wildman–Crippen MR) is 104 cm³/mol. The third-order valence-corrected chi connectivity index (χ3v) is 6.51. The number of benzene rings is 1. The predicted octanol–water partition coefficient (Wildman–Crippen LogP) is 1.31. The zero-order chi connectivity index (χ0) is 18.7. The Morgan fingerprint density at radius 1 is 1.35 bits per heavy atom. The van der Waals surface area contributed by atoms with E-state index in [0.29, 0.717) is 19.5 Å². The van der Waals surface area contributed by atoms with Crippen LogP contribution in [0.4, 0.5) is 0 Å². The van der Waals surface area contributed by atoms with Crippen LogP contribution in [0.25, 0.3) is 10.2 Å². The summed E-state index contributed by atoms with van der Waals surface area (Å²) in [6.07, 6.45) is 3.36. The number of thiazole rings is 1. The van der Waals surface area contributed by atoms with Gasteiger partial charge in [0, 0.05) is 31.6 Å². The maximum Gasteiger partial charge on any atom is 0.221 e. The summed E-state index contributed by atoms with van der Waals surface area (Å²) in [6, 6.07) is 6.20. The Balaban J connectivity index is 1.50. The van der Waals surface area contributed by atoms with Crippen LogP contribution in [0.2, 0.25) is 0 Å². The molecule has 3 rings (SSSR count). The lowest BCUT2D eigenvalue weighted by Gasteiger charge is -2.25. The fraction of sp³-hybridized carbons (Fsp3) is 0.529. The smallest absolute Gasteiger partial charge is 0.221 e. The number of carbonyl (C=O) groups is 1. The Morgan fingerprint density at radius 2 is 2.12 bits per heavy atom. The molecular weight excluding hydrogens is 372 g/mol. The molecule has 9 heteroatoms. The van der Waals surface area contributed by atoms with Crippen molar-refractivity contribution in [2.75, 3.05) is 19.8 Å². The van der Waals surface area contributed by atoms with Crippen LogP contribution in [-0.2, 0) is 21.4 Å². The molecule has 2 aromatic rings. The number of rotatable bonds is 7. The zero-order valence-corrected chi connectivity index (χ0v) is 16.6. The van der Waals surface area contributed by atoms with Crippen molar-refractivity contribution >= 4 is 37.5 Å². The van der Waals surface area contributed by atoms with E-state index in [-0.39, 0.29) is 18.0 Å². The SMILES string of the molecule is CN1[C@@H](CC(=O)NCc2cccc3ncsc23)CC[C@H]1CNS(C)(=O)=O. The van der Waals surface area contributed by atoms with Crippen molar-refractivity contribution in [3.8, 4) is 0 Å². The Kier molecular flexibility index (Phi) is 5.91. The van der Waals surface area contributed by atoms with Crippen molar-refractivity contribution in [3.05, 3.63) is 29.3 Å². The maximum atomic E-state index is 12.4. The van der Waals surface area contributed by atoms with Gasteiger partial charge in [0.05, 0.1) is 22.0 Å². The van der Waals surface area contributed by atoms with E-state index >= 15 is 0 Å². The third-order valence-electron chi connectivity index (χ3n) is 4.90. The highest BCUT2D eigenvalue weighted by atomic mass is 32.2. The van der Waals surface area contributed by atoms with Gasteiger partial charge in [0.2, 0.25) is 15.9 Å². The molecule has 1 saturated heterocycles. The Labute approximate surface area is 157 Å². The fourth-order valence-electron chi connectivity index (χ4n) is 3.39. The number of amides is 1. The molecule has 2 N–H and O–H groups in total. The van der Waals surface area contributed by atoms with Crippen LogP contribution < -0.4 is 10.0 Å². The number of sulfonamides is 1. The molecule has 1 amide bonds. The van der Waals surface area contributed by atoms with E-state index in [9.17, 15) is 13.2 Å². The van der Waals surface area contributed by atoms with Gasteiger partial charge in [-0.15, -0.1) is 11.3 Å². The number of likely N-dealkylation sites (N-methyl/N-ethyl adjacent to an activating group) is 1. The van der Waals surface area contributed by atoms with Crippen molar-refractivity contribution in [1.82, 2.24) is 19.9 Å². The molecule has 0 bridgehead atoms. The number of nitrogens with one attached hydrogen (secondary N) is 2. The number of aromatic nitrogens is 1. The van der Waals surface area contributed by atoms with Crippen LogP contribution in [0.15, 0.2) is 23.7 Å². The van der Waals surface area contributed by atoms with Gasteiger partial charge in [-0.25, -0.2) is 18.1 Å². The number of fused-ring (bicyclic) bond motifs is 1. The Morgan fingerprint density at radius 3 is 2.88 bits per heavy atom. The molecule has 1 aromatic carbocycles. The lowest BCUT2D eigenvalue weighted by Crippen LogP contribution is -2.42. The lowest BCUT2D eigenvalue weighted by molar-refractivity contribution is -0.122. The van der Waals surface area contributed by atoms with Crippen LogP contribution in [0.3, 0.4) is 0 Å². The van der Waals surface area contributed by atoms with E-state index in [1.54, 1.807) is 11.3 Å². The summed E-state index contributed by atoms with van der Waals surface area (Å²) in [7, 11) is -1.23. The normalized spacial score (nSPS) is 21.3. The van der Waals surface area contributed by atoms with E-state index in [4.69, 9.17) is 0 Å². The van der Waals surface area contributed by atoms with Crippen LogP contribution in [-0.4, -0.2) is 56.1 Å². The number of hydrogen-bond donors (Lipinski definition) is 2. The van der Waals surface area contributed by atoms with Crippen LogP contribution in [0.5, 0.6) is 0 Å². The third kappa shape index (κ3) is 4.79. The maximum absolute atomic E-state index is 12.4. The standard InChI is InChI=1S/C17H24N4O3S2/c1-21-13(6-7-14(21)10-20-26(2,23)24)8-16(22)18-9-12-4-3-5-15-17(12)25-11-19-15/h3-5,11,13-14,20H,6-10H2,1-2H3,(H,18,22)/t13-,14+/m1/s1. The molecule has 26 heavy (non-hydrogen) atoms. The van der Waals surface area contributed by atoms with Crippen molar-refractivity contribution in [1.29, 1.82) is 0 Å². The highest BCUT2D eigenvalue weighted by molar-refractivity contribution is 7.88. The van der Waals surface area contributed by atoms with Gasteiger partial charge in [0.15, 0.2) is 0 Å². The molecule has 0 radical (unpaired) electrons. The number of hydrogen-bond acceptors (Lipinski definition) is 6.